The van der Waals surface area contributed by atoms with Crippen LogP contribution in [0.3, 0.4) is 0 Å². The maximum Gasteiger partial charge on any atom is 0.242 e. The molecule has 1 aliphatic carbocycles. The van der Waals surface area contributed by atoms with Crippen LogP contribution >= 0.6 is 11.3 Å². The van der Waals surface area contributed by atoms with Gasteiger partial charge in [-0.05, 0) is 55.2 Å². The lowest BCUT2D eigenvalue weighted by Gasteiger charge is -2.38. The molecule has 1 aromatic heterocycles. The van der Waals surface area contributed by atoms with Crippen LogP contribution in [0.25, 0.3) is 0 Å². The standard InChI is InChI=1S/C26H34N2O2S/c1-3-15-27(26(30)21-7-5-4-6-8-21)18-24(29)28-16-13-23-22(14-17-31-23)25(28)20-11-9-19(2)10-12-20/h9-12,14,17,21,25H,3-8,13,15-16,18H2,1-2H3. The zero-order valence-electron chi connectivity index (χ0n) is 18.8. The molecule has 0 spiro atoms. The summed E-state index contributed by atoms with van der Waals surface area (Å²) in [6.45, 7) is 5.74. The fraction of sp³-hybridized carbons (Fsp3) is 0.538. The predicted molar refractivity (Wildman–Crippen MR) is 126 cm³/mol. The lowest BCUT2D eigenvalue weighted by atomic mass is 9.88. The van der Waals surface area contributed by atoms with Crippen molar-refractivity contribution in [3.8, 4) is 0 Å². The van der Waals surface area contributed by atoms with E-state index in [0.29, 0.717) is 13.1 Å². The monoisotopic (exact) mass is 438 g/mol. The van der Waals surface area contributed by atoms with E-state index in [1.54, 1.807) is 11.3 Å². The van der Waals surface area contributed by atoms with Gasteiger partial charge in [0.05, 0.1) is 12.6 Å². The topological polar surface area (TPSA) is 40.6 Å². The van der Waals surface area contributed by atoms with Gasteiger partial charge >= 0.3 is 0 Å². The number of carbonyl (C=O) groups is 2. The van der Waals surface area contributed by atoms with Crippen LogP contribution in [0.5, 0.6) is 0 Å². The molecule has 1 fully saturated rings. The number of carbonyl (C=O) groups excluding carboxylic acids is 2. The zero-order valence-corrected chi connectivity index (χ0v) is 19.6. The predicted octanol–water partition coefficient (Wildman–Crippen LogP) is 5.35. The van der Waals surface area contributed by atoms with Gasteiger partial charge < -0.3 is 9.80 Å². The highest BCUT2D eigenvalue weighted by molar-refractivity contribution is 7.10. The van der Waals surface area contributed by atoms with Gasteiger partial charge in [0.2, 0.25) is 11.8 Å². The molecule has 1 aromatic carbocycles. The normalized spacial score (nSPS) is 19.2. The average molecular weight is 439 g/mol. The smallest absolute Gasteiger partial charge is 0.242 e. The highest BCUT2D eigenvalue weighted by Crippen LogP contribution is 2.38. The first kappa shape index (κ1) is 22.1. The van der Waals surface area contributed by atoms with Gasteiger partial charge in [0, 0.05) is 23.9 Å². The molecule has 0 radical (unpaired) electrons. The molecule has 2 amide bonds. The van der Waals surface area contributed by atoms with Crippen LogP contribution in [-0.4, -0.2) is 41.2 Å². The molecule has 0 bridgehead atoms. The fourth-order valence-electron chi connectivity index (χ4n) is 5.09. The largest absolute Gasteiger partial charge is 0.333 e. The Bertz CT molecular complexity index is 898. The first-order chi connectivity index (χ1) is 15.1. The summed E-state index contributed by atoms with van der Waals surface area (Å²) in [6.07, 6.45) is 7.21. The highest BCUT2D eigenvalue weighted by Gasteiger charge is 2.35. The van der Waals surface area contributed by atoms with Gasteiger partial charge in [0.25, 0.3) is 0 Å². The first-order valence-corrected chi connectivity index (χ1v) is 12.7. The molecule has 4 rings (SSSR count). The molecule has 2 aliphatic rings. The molecule has 1 atom stereocenters. The number of nitrogens with zero attached hydrogens (tertiary/aromatic N) is 2. The molecule has 2 aromatic rings. The molecule has 2 heterocycles. The van der Waals surface area contributed by atoms with E-state index < -0.39 is 0 Å². The molecule has 0 saturated heterocycles. The average Bonchev–Trinajstić information content (AvgIpc) is 3.28. The van der Waals surface area contributed by atoms with Crippen LogP contribution in [0.1, 0.15) is 73.1 Å². The number of thiophene rings is 1. The highest BCUT2D eigenvalue weighted by atomic mass is 32.1. The van der Waals surface area contributed by atoms with Crippen LogP contribution in [-0.2, 0) is 16.0 Å². The Hall–Kier alpha value is -2.14. The Morgan fingerprint density at radius 1 is 1.10 bits per heavy atom. The van der Waals surface area contributed by atoms with Gasteiger partial charge in [-0.2, -0.15) is 0 Å². The van der Waals surface area contributed by atoms with E-state index >= 15 is 0 Å². The Kier molecular flexibility index (Phi) is 7.11. The zero-order chi connectivity index (χ0) is 21.8. The number of aryl methyl sites for hydroxylation is 1. The van der Waals surface area contributed by atoms with Crippen molar-refractivity contribution in [3.05, 3.63) is 57.3 Å². The van der Waals surface area contributed by atoms with Gasteiger partial charge in [-0.3, -0.25) is 9.59 Å². The van der Waals surface area contributed by atoms with Crippen molar-refractivity contribution < 1.29 is 9.59 Å². The van der Waals surface area contributed by atoms with Crippen molar-refractivity contribution >= 4 is 23.2 Å². The second-order valence-electron chi connectivity index (χ2n) is 9.04. The number of fused-ring (bicyclic) bond motifs is 1. The maximum atomic E-state index is 13.6. The Balaban J connectivity index is 1.56. The summed E-state index contributed by atoms with van der Waals surface area (Å²) in [4.78, 5) is 32.0. The third-order valence-electron chi connectivity index (χ3n) is 6.77. The van der Waals surface area contributed by atoms with E-state index in [-0.39, 0.29) is 30.3 Å². The van der Waals surface area contributed by atoms with Crippen LogP contribution < -0.4 is 0 Å². The number of benzene rings is 1. The summed E-state index contributed by atoms with van der Waals surface area (Å²) in [5.41, 5.74) is 3.61. The number of hydrogen-bond donors (Lipinski definition) is 0. The SMILES string of the molecule is CCCN(CC(=O)N1CCc2sccc2C1c1ccc(C)cc1)C(=O)C1CCCCC1. The molecule has 4 nitrogen and oxygen atoms in total. The van der Waals surface area contributed by atoms with E-state index in [0.717, 1.165) is 44.1 Å². The van der Waals surface area contributed by atoms with Gasteiger partial charge in [0.15, 0.2) is 0 Å². The third-order valence-corrected chi connectivity index (χ3v) is 7.76. The number of hydrogen-bond acceptors (Lipinski definition) is 3. The summed E-state index contributed by atoms with van der Waals surface area (Å²) >= 11 is 1.78. The van der Waals surface area contributed by atoms with Crippen LogP contribution in [0.2, 0.25) is 0 Å². The Morgan fingerprint density at radius 2 is 1.84 bits per heavy atom. The van der Waals surface area contributed by atoms with Crippen molar-refractivity contribution in [2.75, 3.05) is 19.6 Å². The van der Waals surface area contributed by atoms with E-state index in [1.807, 2.05) is 9.80 Å². The summed E-state index contributed by atoms with van der Waals surface area (Å²) in [5.74, 6) is 0.362. The summed E-state index contributed by atoms with van der Waals surface area (Å²) in [6, 6.07) is 10.6. The minimum Gasteiger partial charge on any atom is -0.333 e. The Morgan fingerprint density at radius 3 is 2.55 bits per heavy atom. The molecule has 1 aliphatic heterocycles. The molecule has 0 N–H and O–H groups in total. The molecular formula is C26H34N2O2S. The third kappa shape index (κ3) is 4.87. The molecule has 1 saturated carbocycles. The van der Waals surface area contributed by atoms with Crippen molar-refractivity contribution in [1.29, 1.82) is 0 Å². The van der Waals surface area contributed by atoms with Gasteiger partial charge in [-0.25, -0.2) is 0 Å². The summed E-state index contributed by atoms with van der Waals surface area (Å²) < 4.78 is 0. The molecule has 31 heavy (non-hydrogen) atoms. The summed E-state index contributed by atoms with van der Waals surface area (Å²) in [5, 5.41) is 2.13. The second-order valence-corrected chi connectivity index (χ2v) is 10.0. The van der Waals surface area contributed by atoms with E-state index in [4.69, 9.17) is 0 Å². The van der Waals surface area contributed by atoms with Crippen molar-refractivity contribution in [1.82, 2.24) is 9.80 Å². The van der Waals surface area contributed by atoms with Crippen molar-refractivity contribution in [2.45, 2.75) is 64.8 Å². The number of amides is 2. The van der Waals surface area contributed by atoms with E-state index in [9.17, 15) is 9.59 Å². The van der Waals surface area contributed by atoms with Crippen LogP contribution in [0, 0.1) is 12.8 Å². The fourth-order valence-corrected chi connectivity index (χ4v) is 6.00. The van der Waals surface area contributed by atoms with Crippen LogP contribution in [0.15, 0.2) is 35.7 Å². The minimum atomic E-state index is -0.0589. The summed E-state index contributed by atoms with van der Waals surface area (Å²) in [7, 11) is 0. The van der Waals surface area contributed by atoms with E-state index in [2.05, 4.69) is 49.6 Å². The lowest BCUT2D eigenvalue weighted by Crippen LogP contribution is -2.48. The second kappa shape index (κ2) is 9.99. The first-order valence-electron chi connectivity index (χ1n) is 11.8. The molecule has 166 valence electrons. The molecular weight excluding hydrogens is 404 g/mol. The minimum absolute atomic E-state index is 0.0589. The quantitative estimate of drug-likeness (QED) is 0.610. The maximum absolute atomic E-state index is 13.6. The van der Waals surface area contributed by atoms with Crippen molar-refractivity contribution in [3.63, 3.8) is 0 Å². The van der Waals surface area contributed by atoms with E-state index in [1.165, 1.54) is 22.4 Å². The van der Waals surface area contributed by atoms with Gasteiger partial charge in [0.1, 0.15) is 0 Å². The lowest BCUT2D eigenvalue weighted by molar-refractivity contribution is -0.144. The van der Waals surface area contributed by atoms with Crippen molar-refractivity contribution in [2.24, 2.45) is 5.92 Å². The Labute approximate surface area is 190 Å². The van der Waals surface area contributed by atoms with Gasteiger partial charge in [-0.1, -0.05) is 56.0 Å². The molecule has 1 unspecified atom stereocenters. The number of rotatable bonds is 6. The van der Waals surface area contributed by atoms with Crippen LogP contribution in [0.4, 0.5) is 0 Å². The molecule has 5 heteroatoms. The van der Waals surface area contributed by atoms with Gasteiger partial charge in [-0.15, -0.1) is 11.3 Å².